The number of rotatable bonds is 4. The molecule has 0 aromatic carbocycles. The molecule has 1 aliphatic rings. The molecular weight excluding hydrogens is 300 g/mol. The molecule has 118 valence electrons. The summed E-state index contributed by atoms with van der Waals surface area (Å²) in [7, 11) is 0. The third-order valence-electron chi connectivity index (χ3n) is 4.04. The summed E-state index contributed by atoms with van der Waals surface area (Å²) in [5.74, 6) is 1.05. The van der Waals surface area contributed by atoms with Crippen molar-refractivity contribution in [1.29, 1.82) is 0 Å². The van der Waals surface area contributed by atoms with E-state index in [9.17, 15) is 4.79 Å². The maximum Gasteiger partial charge on any atom is 0.261 e. The molecule has 22 heavy (non-hydrogen) atoms. The van der Waals surface area contributed by atoms with Crippen LogP contribution < -0.4 is 5.32 Å². The lowest BCUT2D eigenvalue weighted by Crippen LogP contribution is -2.40. The maximum absolute atomic E-state index is 12.4. The van der Waals surface area contributed by atoms with E-state index in [-0.39, 0.29) is 17.9 Å². The lowest BCUT2D eigenvalue weighted by Gasteiger charge is -2.17. The highest BCUT2D eigenvalue weighted by molar-refractivity contribution is 7.14. The van der Waals surface area contributed by atoms with E-state index in [1.807, 2.05) is 32.9 Å². The van der Waals surface area contributed by atoms with Gasteiger partial charge in [0.1, 0.15) is 5.76 Å². The lowest BCUT2D eigenvalue weighted by molar-refractivity contribution is 0.0928. The molecule has 0 aliphatic carbocycles. The fraction of sp³-hybridized carbons (Fsp3) is 0.500. The van der Waals surface area contributed by atoms with Gasteiger partial charge in [0.05, 0.1) is 29.8 Å². The second kappa shape index (κ2) is 6.22. The van der Waals surface area contributed by atoms with E-state index >= 15 is 0 Å². The Morgan fingerprint density at radius 3 is 2.82 bits per heavy atom. The minimum Gasteiger partial charge on any atom is -0.379 e. The predicted octanol–water partition coefficient (Wildman–Crippen LogP) is 2.65. The van der Waals surface area contributed by atoms with E-state index in [4.69, 9.17) is 9.26 Å². The van der Waals surface area contributed by atoms with E-state index < -0.39 is 0 Å². The van der Waals surface area contributed by atoms with E-state index in [1.54, 1.807) is 0 Å². The van der Waals surface area contributed by atoms with Crippen LogP contribution in [0.1, 0.15) is 31.6 Å². The first kappa shape index (κ1) is 15.2. The molecule has 0 radical (unpaired) electrons. The molecular formula is C16H20N2O3S. The molecule has 2 aromatic rings. The summed E-state index contributed by atoms with van der Waals surface area (Å²) < 4.78 is 10.8. The second-order valence-corrected chi connectivity index (χ2v) is 7.12. The van der Waals surface area contributed by atoms with Gasteiger partial charge in [0.25, 0.3) is 5.91 Å². The Hall–Kier alpha value is -1.66. The van der Waals surface area contributed by atoms with Crippen LogP contribution in [0.2, 0.25) is 0 Å². The molecule has 0 saturated carbocycles. The molecule has 1 N–H and O–H groups in total. The number of hydrogen-bond acceptors (Lipinski definition) is 5. The van der Waals surface area contributed by atoms with Crippen molar-refractivity contribution in [2.45, 2.75) is 33.2 Å². The molecule has 6 heteroatoms. The van der Waals surface area contributed by atoms with Gasteiger partial charge < -0.3 is 14.6 Å². The van der Waals surface area contributed by atoms with Crippen LogP contribution in [0.25, 0.3) is 0 Å². The minimum absolute atomic E-state index is 0.0145. The van der Waals surface area contributed by atoms with Crippen LogP contribution in [0.5, 0.6) is 0 Å². The number of thiophene rings is 1. The Labute approximate surface area is 133 Å². The molecule has 3 rings (SSSR count). The van der Waals surface area contributed by atoms with Crippen molar-refractivity contribution in [3.05, 3.63) is 38.9 Å². The average Bonchev–Trinajstić information content (AvgIpc) is 3.15. The molecule has 0 bridgehead atoms. The van der Waals surface area contributed by atoms with Gasteiger partial charge in [0.15, 0.2) is 0 Å². The highest BCUT2D eigenvalue weighted by atomic mass is 32.1. The van der Waals surface area contributed by atoms with Crippen LogP contribution in [0, 0.1) is 26.7 Å². The fourth-order valence-electron chi connectivity index (χ4n) is 2.65. The SMILES string of the molecule is Cc1cc(C[C@@H]2COC[C@@H]2NC(=O)c2cc(C)c(C)s2)on1. The van der Waals surface area contributed by atoms with Crippen molar-refractivity contribution in [2.24, 2.45) is 5.92 Å². The van der Waals surface area contributed by atoms with Gasteiger partial charge in [0.2, 0.25) is 0 Å². The van der Waals surface area contributed by atoms with Gasteiger partial charge in [-0.1, -0.05) is 5.16 Å². The number of carbonyl (C=O) groups is 1. The summed E-state index contributed by atoms with van der Waals surface area (Å²) in [6.07, 6.45) is 0.730. The number of ether oxygens (including phenoxy) is 1. The van der Waals surface area contributed by atoms with Gasteiger partial charge >= 0.3 is 0 Å². The third-order valence-corrected chi connectivity index (χ3v) is 5.20. The molecule has 2 atom stereocenters. The van der Waals surface area contributed by atoms with E-state index in [2.05, 4.69) is 10.5 Å². The van der Waals surface area contributed by atoms with Crippen molar-refractivity contribution < 1.29 is 14.1 Å². The van der Waals surface area contributed by atoms with Gasteiger partial charge in [-0.05, 0) is 32.4 Å². The Kier molecular flexibility index (Phi) is 4.31. The van der Waals surface area contributed by atoms with E-state index in [0.29, 0.717) is 13.2 Å². The summed E-state index contributed by atoms with van der Waals surface area (Å²) in [5, 5.41) is 7.00. The highest BCUT2D eigenvalue weighted by Crippen LogP contribution is 2.23. The summed E-state index contributed by atoms with van der Waals surface area (Å²) in [6, 6.07) is 3.89. The zero-order valence-corrected chi connectivity index (χ0v) is 13.8. The average molecular weight is 320 g/mol. The minimum atomic E-state index is -0.0181. The van der Waals surface area contributed by atoms with Crippen molar-refractivity contribution in [2.75, 3.05) is 13.2 Å². The predicted molar refractivity (Wildman–Crippen MR) is 84.3 cm³/mol. The molecule has 5 nitrogen and oxygen atoms in total. The molecule has 1 aliphatic heterocycles. The largest absolute Gasteiger partial charge is 0.379 e. The number of amides is 1. The van der Waals surface area contributed by atoms with Crippen molar-refractivity contribution in [3.63, 3.8) is 0 Å². The fourth-order valence-corrected chi connectivity index (χ4v) is 3.59. The molecule has 0 spiro atoms. The summed E-state index contributed by atoms with van der Waals surface area (Å²) in [4.78, 5) is 14.3. The van der Waals surface area contributed by atoms with Crippen LogP contribution in [0.15, 0.2) is 16.7 Å². The number of hydrogen-bond donors (Lipinski definition) is 1. The van der Waals surface area contributed by atoms with E-state index in [0.717, 1.165) is 28.3 Å². The summed E-state index contributed by atoms with van der Waals surface area (Å²) >= 11 is 1.53. The molecule has 3 heterocycles. The Bertz CT molecular complexity index is 657. The van der Waals surface area contributed by atoms with Crippen LogP contribution >= 0.6 is 11.3 Å². The molecule has 1 amide bonds. The smallest absolute Gasteiger partial charge is 0.261 e. The zero-order chi connectivity index (χ0) is 15.7. The lowest BCUT2D eigenvalue weighted by atomic mass is 9.98. The Morgan fingerprint density at radius 1 is 1.36 bits per heavy atom. The Balaban J connectivity index is 1.64. The molecule has 1 fully saturated rings. The van der Waals surface area contributed by atoms with Gasteiger partial charge in [0, 0.05) is 23.3 Å². The van der Waals surface area contributed by atoms with Crippen molar-refractivity contribution in [1.82, 2.24) is 10.5 Å². The topological polar surface area (TPSA) is 64.4 Å². The van der Waals surface area contributed by atoms with Crippen molar-refractivity contribution in [3.8, 4) is 0 Å². The van der Waals surface area contributed by atoms with Crippen molar-refractivity contribution >= 4 is 17.2 Å². The molecule has 2 aromatic heterocycles. The van der Waals surface area contributed by atoms with Gasteiger partial charge in [-0.2, -0.15) is 0 Å². The Morgan fingerprint density at radius 2 is 2.18 bits per heavy atom. The third kappa shape index (κ3) is 3.23. The van der Waals surface area contributed by atoms with Crippen LogP contribution in [0.4, 0.5) is 0 Å². The first-order valence-electron chi connectivity index (χ1n) is 7.41. The normalized spacial score (nSPS) is 21.2. The number of aromatic nitrogens is 1. The van der Waals surface area contributed by atoms with E-state index in [1.165, 1.54) is 16.2 Å². The quantitative estimate of drug-likeness (QED) is 0.940. The number of carbonyl (C=O) groups excluding carboxylic acids is 1. The number of nitrogens with zero attached hydrogens (tertiary/aromatic N) is 1. The summed E-state index contributed by atoms with van der Waals surface area (Å²) in [6.45, 7) is 7.14. The molecule has 0 unspecified atom stereocenters. The first-order chi connectivity index (χ1) is 10.5. The van der Waals surface area contributed by atoms with Gasteiger partial charge in [-0.15, -0.1) is 11.3 Å². The highest BCUT2D eigenvalue weighted by Gasteiger charge is 2.31. The monoisotopic (exact) mass is 320 g/mol. The zero-order valence-electron chi connectivity index (χ0n) is 13.0. The van der Waals surface area contributed by atoms with Gasteiger partial charge in [-0.25, -0.2) is 0 Å². The van der Waals surface area contributed by atoms with Crippen LogP contribution in [-0.2, 0) is 11.2 Å². The van der Waals surface area contributed by atoms with Crippen LogP contribution in [-0.4, -0.2) is 30.3 Å². The number of nitrogens with one attached hydrogen (secondary N) is 1. The van der Waals surface area contributed by atoms with Crippen LogP contribution in [0.3, 0.4) is 0 Å². The standard InChI is InChI=1S/C16H20N2O3S/c1-9-4-15(22-11(9)3)16(19)17-14-8-20-7-12(14)6-13-5-10(2)18-21-13/h4-5,12,14H,6-8H2,1-3H3,(H,17,19)/t12-,14+/m1/s1. The number of aryl methyl sites for hydroxylation is 3. The summed E-state index contributed by atoms with van der Waals surface area (Å²) in [5.41, 5.74) is 2.03. The van der Waals surface area contributed by atoms with Gasteiger partial charge in [-0.3, -0.25) is 4.79 Å². The molecule has 1 saturated heterocycles. The maximum atomic E-state index is 12.4. The first-order valence-corrected chi connectivity index (χ1v) is 8.22. The second-order valence-electron chi connectivity index (χ2n) is 5.87.